The van der Waals surface area contributed by atoms with Gasteiger partial charge in [-0.3, -0.25) is 9.59 Å². The van der Waals surface area contributed by atoms with Crippen LogP contribution in [0.15, 0.2) is 23.3 Å². The van der Waals surface area contributed by atoms with Gasteiger partial charge in [0.05, 0.1) is 6.10 Å². The van der Waals surface area contributed by atoms with Crippen LogP contribution in [0.1, 0.15) is 60.3 Å². The molecular formula is C24H31FO6. The average molecular weight is 435 g/mol. The first-order valence-corrected chi connectivity index (χ1v) is 11.0. The Bertz CT molecular complexity index is 938. The first-order chi connectivity index (χ1) is 14.3. The number of carbonyl (C=O) groups excluding carboxylic acids is 2. The van der Waals surface area contributed by atoms with Crippen LogP contribution in [-0.2, 0) is 19.1 Å². The standard InChI is InChI=1S/C24H31FO6/c1-12-8-16(27)10-15-6-7-17-18-9-13(2)24(20(29)30,31-14(3)26)21(18,4)11-19(28)23(17,25)22(12,15)5/h8,10,13,17-19,28H,6-7,9,11H2,1-5H3,(H,29,30)/t13-,17?,18?,19-,21?,22?,23-,24-/m0/s1. The first kappa shape index (κ1) is 22.2. The van der Waals surface area contributed by atoms with Crippen LogP contribution in [-0.4, -0.2) is 45.3 Å². The topological polar surface area (TPSA) is 101 Å². The summed E-state index contributed by atoms with van der Waals surface area (Å²) >= 11 is 0. The van der Waals surface area contributed by atoms with Crippen molar-refractivity contribution in [1.29, 1.82) is 0 Å². The Morgan fingerprint density at radius 2 is 1.87 bits per heavy atom. The molecule has 0 radical (unpaired) electrons. The molecule has 3 fully saturated rings. The molecule has 4 unspecified atom stereocenters. The maximum Gasteiger partial charge on any atom is 0.349 e. The molecule has 31 heavy (non-hydrogen) atoms. The van der Waals surface area contributed by atoms with Gasteiger partial charge in [0.1, 0.15) is 0 Å². The number of aliphatic hydroxyl groups is 1. The molecule has 0 amide bonds. The van der Waals surface area contributed by atoms with Crippen molar-refractivity contribution in [3.63, 3.8) is 0 Å². The van der Waals surface area contributed by atoms with Gasteiger partial charge in [0.15, 0.2) is 11.5 Å². The lowest BCUT2D eigenvalue weighted by Gasteiger charge is -2.63. The number of rotatable bonds is 2. The van der Waals surface area contributed by atoms with E-state index in [0.29, 0.717) is 30.4 Å². The molecule has 8 atom stereocenters. The molecular weight excluding hydrogens is 403 g/mol. The lowest BCUT2D eigenvalue weighted by Crippen LogP contribution is -2.70. The van der Waals surface area contributed by atoms with Crippen molar-refractivity contribution in [2.45, 2.75) is 77.7 Å². The van der Waals surface area contributed by atoms with E-state index in [9.17, 15) is 24.6 Å². The monoisotopic (exact) mass is 434 g/mol. The molecule has 0 heterocycles. The molecule has 0 bridgehead atoms. The highest BCUT2D eigenvalue weighted by Gasteiger charge is 2.78. The zero-order valence-corrected chi connectivity index (χ0v) is 18.7. The van der Waals surface area contributed by atoms with Gasteiger partial charge in [-0.25, -0.2) is 9.18 Å². The number of ether oxygens (including phenoxy) is 1. The van der Waals surface area contributed by atoms with E-state index >= 15 is 4.39 Å². The number of ketones is 1. The van der Waals surface area contributed by atoms with E-state index in [1.165, 1.54) is 19.1 Å². The quantitative estimate of drug-likeness (QED) is 0.646. The summed E-state index contributed by atoms with van der Waals surface area (Å²) in [6.07, 6.45) is 2.61. The summed E-state index contributed by atoms with van der Waals surface area (Å²) < 4.78 is 22.8. The van der Waals surface area contributed by atoms with Gasteiger partial charge in [-0.2, -0.15) is 0 Å². The van der Waals surface area contributed by atoms with E-state index in [4.69, 9.17) is 4.74 Å². The summed E-state index contributed by atoms with van der Waals surface area (Å²) in [6.45, 7) is 8.12. The molecule has 0 saturated heterocycles. The van der Waals surface area contributed by atoms with Crippen molar-refractivity contribution < 1.29 is 33.7 Å². The molecule has 2 N–H and O–H groups in total. The van der Waals surface area contributed by atoms with Crippen LogP contribution in [0.2, 0.25) is 0 Å². The molecule has 0 aromatic rings. The van der Waals surface area contributed by atoms with Gasteiger partial charge in [0.2, 0.25) is 5.60 Å². The smallest absolute Gasteiger partial charge is 0.349 e. The van der Waals surface area contributed by atoms with Gasteiger partial charge in [0, 0.05) is 29.6 Å². The van der Waals surface area contributed by atoms with E-state index < -0.39 is 57.9 Å². The Morgan fingerprint density at radius 3 is 2.45 bits per heavy atom. The van der Waals surface area contributed by atoms with Gasteiger partial charge in [0.25, 0.3) is 0 Å². The maximum absolute atomic E-state index is 17.3. The van der Waals surface area contributed by atoms with Crippen molar-refractivity contribution in [3.8, 4) is 0 Å². The lowest BCUT2D eigenvalue weighted by molar-refractivity contribution is -0.234. The van der Waals surface area contributed by atoms with Crippen LogP contribution in [0.3, 0.4) is 0 Å². The first-order valence-electron chi connectivity index (χ1n) is 11.0. The number of hydrogen-bond acceptors (Lipinski definition) is 5. The van der Waals surface area contributed by atoms with Gasteiger partial charge < -0.3 is 14.9 Å². The molecule has 4 aliphatic carbocycles. The van der Waals surface area contributed by atoms with E-state index in [1.807, 2.05) is 0 Å². The van der Waals surface area contributed by atoms with Gasteiger partial charge in [-0.1, -0.05) is 25.0 Å². The maximum atomic E-state index is 17.3. The molecule has 0 aliphatic heterocycles. The van der Waals surface area contributed by atoms with Crippen LogP contribution >= 0.6 is 0 Å². The number of alkyl halides is 1. The second-order valence-corrected chi connectivity index (χ2v) is 10.5. The van der Waals surface area contributed by atoms with Crippen molar-refractivity contribution >= 4 is 17.7 Å². The van der Waals surface area contributed by atoms with Crippen molar-refractivity contribution in [2.75, 3.05) is 0 Å². The number of hydrogen-bond donors (Lipinski definition) is 2. The largest absolute Gasteiger partial charge is 0.478 e. The fourth-order valence-corrected chi connectivity index (χ4v) is 7.85. The van der Waals surface area contributed by atoms with E-state index in [-0.39, 0.29) is 12.2 Å². The molecule has 170 valence electrons. The molecule has 0 spiro atoms. The molecule has 3 saturated carbocycles. The third kappa shape index (κ3) is 2.39. The van der Waals surface area contributed by atoms with Crippen LogP contribution in [0.25, 0.3) is 0 Å². The third-order valence-electron chi connectivity index (χ3n) is 9.32. The Kier molecular flexibility index (Phi) is 4.65. The normalized spacial score (nSPS) is 48.7. The summed E-state index contributed by atoms with van der Waals surface area (Å²) in [4.78, 5) is 36.6. The fourth-order valence-electron chi connectivity index (χ4n) is 7.85. The van der Waals surface area contributed by atoms with Crippen molar-refractivity contribution in [2.24, 2.45) is 28.6 Å². The summed E-state index contributed by atoms with van der Waals surface area (Å²) in [5, 5.41) is 21.6. The number of carboxylic acid groups (broad SMARTS) is 1. The van der Waals surface area contributed by atoms with Crippen LogP contribution in [0, 0.1) is 28.6 Å². The average Bonchev–Trinajstić information content (AvgIpc) is 2.86. The highest BCUT2D eigenvalue weighted by molar-refractivity contribution is 6.02. The number of halogens is 1. The summed E-state index contributed by atoms with van der Waals surface area (Å²) in [7, 11) is 0. The van der Waals surface area contributed by atoms with Gasteiger partial charge in [-0.15, -0.1) is 0 Å². The highest BCUT2D eigenvalue weighted by atomic mass is 19.1. The third-order valence-corrected chi connectivity index (χ3v) is 9.32. The summed E-state index contributed by atoms with van der Waals surface area (Å²) in [5.41, 5.74) is -4.86. The summed E-state index contributed by atoms with van der Waals surface area (Å²) in [6, 6.07) is 0. The number of carbonyl (C=O) groups is 3. The Morgan fingerprint density at radius 1 is 1.23 bits per heavy atom. The number of aliphatic hydroxyl groups excluding tert-OH is 1. The Labute approximate surface area is 181 Å². The predicted molar refractivity (Wildman–Crippen MR) is 110 cm³/mol. The highest BCUT2D eigenvalue weighted by Crippen LogP contribution is 2.72. The van der Waals surface area contributed by atoms with E-state index in [0.717, 1.165) is 0 Å². The van der Waals surface area contributed by atoms with Crippen LogP contribution < -0.4 is 0 Å². The molecule has 0 aromatic heterocycles. The number of allylic oxidation sites excluding steroid dienone is 4. The molecule has 6 nitrogen and oxygen atoms in total. The van der Waals surface area contributed by atoms with Gasteiger partial charge in [-0.05, 0) is 57.6 Å². The molecule has 0 aromatic carbocycles. The lowest BCUT2D eigenvalue weighted by atomic mass is 9.43. The van der Waals surface area contributed by atoms with E-state index in [1.54, 1.807) is 27.7 Å². The zero-order valence-electron chi connectivity index (χ0n) is 18.7. The van der Waals surface area contributed by atoms with Crippen LogP contribution in [0.5, 0.6) is 0 Å². The Balaban J connectivity index is 1.88. The minimum atomic E-state index is -2.05. The minimum absolute atomic E-state index is 0.140. The number of carboxylic acids is 1. The number of aliphatic carboxylic acids is 1. The predicted octanol–water partition coefficient (Wildman–Crippen LogP) is 3.38. The summed E-state index contributed by atoms with van der Waals surface area (Å²) in [5.74, 6) is -3.67. The van der Waals surface area contributed by atoms with Gasteiger partial charge >= 0.3 is 11.9 Å². The fraction of sp³-hybridized carbons (Fsp3) is 0.708. The van der Waals surface area contributed by atoms with Crippen molar-refractivity contribution in [1.82, 2.24) is 0 Å². The van der Waals surface area contributed by atoms with Crippen LogP contribution in [0.4, 0.5) is 4.39 Å². The molecule has 4 rings (SSSR count). The van der Waals surface area contributed by atoms with Crippen molar-refractivity contribution in [3.05, 3.63) is 23.3 Å². The SMILES string of the molecule is CC(=O)O[C@]1(C(=O)O)[C@@H](C)CC2C3CCC4=CC(=O)C=C(C)C4(C)[C@@]3(F)[C@@H](O)CC21C. The second-order valence-electron chi connectivity index (χ2n) is 10.5. The molecule has 4 aliphatic rings. The minimum Gasteiger partial charge on any atom is -0.478 e. The number of esters is 1. The molecule has 7 heteroatoms. The Hall–Kier alpha value is -2.02. The zero-order chi connectivity index (χ0) is 23.1. The second kappa shape index (κ2) is 6.50. The number of fused-ring (bicyclic) bond motifs is 5. The van der Waals surface area contributed by atoms with E-state index in [2.05, 4.69) is 0 Å².